The number of ether oxygens (including phenoxy) is 3. The van der Waals surface area contributed by atoms with Crippen LogP contribution in [0.15, 0.2) is 30.3 Å². The first-order valence-electron chi connectivity index (χ1n) is 5.12. The van der Waals surface area contributed by atoms with Crippen molar-refractivity contribution in [2.75, 3.05) is 20.3 Å². The summed E-state index contributed by atoms with van der Waals surface area (Å²) in [7, 11) is 1.39. The van der Waals surface area contributed by atoms with Crippen LogP contribution in [0.3, 0.4) is 0 Å². The smallest absolute Gasteiger partial charge is 0.469 e. The van der Waals surface area contributed by atoms with Crippen LogP contribution in [0.2, 0.25) is 0 Å². The van der Waals surface area contributed by atoms with Gasteiger partial charge in [0.15, 0.2) is 0 Å². The van der Waals surface area contributed by atoms with E-state index in [1.165, 1.54) is 7.11 Å². The lowest BCUT2D eigenvalue weighted by molar-refractivity contribution is -0.139. The standard InChI is InChI=1S/C9H10O2.C3H4O3/c1-11-9(10)7-8-5-3-2-4-6-8;4-3-5-1-2-6-3/h2-6H,7H2,1H3;1-2H2. The van der Waals surface area contributed by atoms with Crippen LogP contribution >= 0.6 is 0 Å². The van der Waals surface area contributed by atoms with Crippen molar-refractivity contribution in [3.63, 3.8) is 0 Å². The van der Waals surface area contributed by atoms with Crippen molar-refractivity contribution in [3.8, 4) is 0 Å². The van der Waals surface area contributed by atoms with Gasteiger partial charge in [-0.1, -0.05) is 30.3 Å². The number of rotatable bonds is 2. The first kappa shape index (κ1) is 13.0. The Morgan fingerprint density at radius 2 is 1.82 bits per heavy atom. The molecule has 1 heterocycles. The zero-order valence-corrected chi connectivity index (χ0v) is 9.55. The van der Waals surface area contributed by atoms with E-state index >= 15 is 0 Å². The first-order valence-corrected chi connectivity index (χ1v) is 5.12. The van der Waals surface area contributed by atoms with E-state index in [1.54, 1.807) is 0 Å². The average molecular weight is 238 g/mol. The molecule has 5 nitrogen and oxygen atoms in total. The normalized spacial score (nSPS) is 12.9. The molecule has 0 N–H and O–H groups in total. The topological polar surface area (TPSA) is 61.8 Å². The van der Waals surface area contributed by atoms with Crippen LogP contribution in [-0.2, 0) is 25.4 Å². The third-order valence-electron chi connectivity index (χ3n) is 1.94. The fraction of sp³-hybridized carbons (Fsp3) is 0.333. The van der Waals surface area contributed by atoms with Crippen LogP contribution < -0.4 is 0 Å². The molecule has 1 fully saturated rings. The second kappa shape index (κ2) is 7.27. The summed E-state index contributed by atoms with van der Waals surface area (Å²) in [5.74, 6) is -0.198. The maximum Gasteiger partial charge on any atom is 0.508 e. The SMILES string of the molecule is COC(=O)Cc1ccccc1.O=C1OCCO1. The Labute approximate surface area is 99.3 Å². The number of hydrogen-bond acceptors (Lipinski definition) is 5. The number of methoxy groups -OCH3 is 1. The highest BCUT2D eigenvalue weighted by molar-refractivity contribution is 5.72. The monoisotopic (exact) mass is 238 g/mol. The third kappa shape index (κ3) is 5.55. The Morgan fingerprint density at radius 1 is 1.24 bits per heavy atom. The molecule has 92 valence electrons. The van der Waals surface area contributed by atoms with Crippen molar-refractivity contribution in [3.05, 3.63) is 35.9 Å². The van der Waals surface area contributed by atoms with Crippen molar-refractivity contribution in [1.29, 1.82) is 0 Å². The molecule has 1 aromatic rings. The fourth-order valence-electron chi connectivity index (χ4n) is 1.13. The molecule has 1 saturated heterocycles. The number of cyclic esters (lactones) is 2. The number of hydrogen-bond donors (Lipinski definition) is 0. The maximum absolute atomic E-state index is 10.8. The van der Waals surface area contributed by atoms with E-state index in [-0.39, 0.29) is 5.97 Å². The minimum Gasteiger partial charge on any atom is -0.469 e. The highest BCUT2D eigenvalue weighted by Crippen LogP contribution is 1.99. The summed E-state index contributed by atoms with van der Waals surface area (Å²) in [6.45, 7) is 0.831. The molecule has 0 amide bonds. The summed E-state index contributed by atoms with van der Waals surface area (Å²) in [6, 6.07) is 9.52. The van der Waals surface area contributed by atoms with Crippen molar-refractivity contribution in [2.24, 2.45) is 0 Å². The molecule has 1 aliphatic rings. The Bertz CT molecular complexity index is 352. The van der Waals surface area contributed by atoms with Crippen molar-refractivity contribution < 1.29 is 23.8 Å². The molecule has 0 radical (unpaired) electrons. The van der Waals surface area contributed by atoms with Crippen molar-refractivity contribution in [2.45, 2.75) is 6.42 Å². The molecule has 0 unspecified atom stereocenters. The van der Waals surface area contributed by atoms with Gasteiger partial charge in [-0.3, -0.25) is 4.79 Å². The van der Waals surface area contributed by atoms with Gasteiger partial charge < -0.3 is 14.2 Å². The summed E-state index contributed by atoms with van der Waals surface area (Å²) in [5, 5.41) is 0. The van der Waals surface area contributed by atoms with E-state index in [9.17, 15) is 9.59 Å². The van der Waals surface area contributed by atoms with Gasteiger partial charge in [-0.25, -0.2) is 4.79 Å². The Balaban J connectivity index is 0.000000202. The summed E-state index contributed by atoms with van der Waals surface area (Å²) in [5.41, 5.74) is 0.986. The quantitative estimate of drug-likeness (QED) is 0.731. The van der Waals surface area contributed by atoms with E-state index in [2.05, 4.69) is 14.2 Å². The summed E-state index contributed by atoms with van der Waals surface area (Å²) in [4.78, 5) is 20.6. The molecule has 2 rings (SSSR count). The van der Waals surface area contributed by atoms with Crippen molar-refractivity contribution >= 4 is 12.1 Å². The summed E-state index contributed by atoms with van der Waals surface area (Å²) in [6.07, 6.45) is -0.188. The molecule has 1 aliphatic heterocycles. The van der Waals surface area contributed by atoms with E-state index in [0.29, 0.717) is 19.6 Å². The zero-order valence-electron chi connectivity index (χ0n) is 9.55. The second-order valence-corrected chi connectivity index (χ2v) is 3.19. The van der Waals surface area contributed by atoms with Crippen LogP contribution in [-0.4, -0.2) is 32.4 Å². The zero-order chi connectivity index (χ0) is 12.5. The van der Waals surface area contributed by atoms with Gasteiger partial charge in [0.05, 0.1) is 13.5 Å². The molecule has 1 aromatic carbocycles. The Hall–Kier alpha value is -2.04. The highest BCUT2D eigenvalue weighted by atomic mass is 16.8. The molecular weight excluding hydrogens is 224 g/mol. The summed E-state index contributed by atoms with van der Waals surface area (Å²) < 4.78 is 13.1. The van der Waals surface area contributed by atoms with Gasteiger partial charge in [0.2, 0.25) is 0 Å². The van der Waals surface area contributed by atoms with Gasteiger partial charge in [0, 0.05) is 0 Å². The van der Waals surface area contributed by atoms with Gasteiger partial charge in [-0.05, 0) is 5.56 Å². The van der Waals surface area contributed by atoms with Crippen LogP contribution in [0.5, 0.6) is 0 Å². The van der Waals surface area contributed by atoms with E-state index in [4.69, 9.17) is 0 Å². The van der Waals surface area contributed by atoms with Crippen LogP contribution in [0, 0.1) is 0 Å². The molecule has 5 heteroatoms. The van der Waals surface area contributed by atoms with E-state index in [0.717, 1.165) is 5.56 Å². The number of carbonyl (C=O) groups is 2. The first-order chi connectivity index (χ1) is 8.22. The third-order valence-corrected chi connectivity index (χ3v) is 1.94. The van der Waals surface area contributed by atoms with Gasteiger partial charge in [-0.2, -0.15) is 0 Å². The fourth-order valence-corrected chi connectivity index (χ4v) is 1.13. The predicted octanol–water partition coefficient (Wildman–Crippen LogP) is 1.56. The molecule has 0 aromatic heterocycles. The Kier molecular flexibility index (Phi) is 5.57. The van der Waals surface area contributed by atoms with Gasteiger partial charge in [0.1, 0.15) is 13.2 Å². The predicted molar refractivity (Wildman–Crippen MR) is 59.5 cm³/mol. The highest BCUT2D eigenvalue weighted by Gasteiger charge is 2.09. The lowest BCUT2D eigenvalue weighted by atomic mass is 10.2. The lowest BCUT2D eigenvalue weighted by Crippen LogP contribution is -2.03. The molecule has 0 bridgehead atoms. The largest absolute Gasteiger partial charge is 0.508 e. The average Bonchev–Trinajstić information content (AvgIpc) is 2.82. The Morgan fingerprint density at radius 3 is 2.24 bits per heavy atom. The number of carbonyl (C=O) groups excluding carboxylic acids is 2. The molecule has 0 aliphatic carbocycles. The van der Waals surface area contributed by atoms with Crippen molar-refractivity contribution in [1.82, 2.24) is 0 Å². The lowest BCUT2D eigenvalue weighted by Gasteiger charge is -1.97. The van der Waals surface area contributed by atoms with Gasteiger partial charge in [-0.15, -0.1) is 0 Å². The minimum absolute atomic E-state index is 0.198. The van der Waals surface area contributed by atoms with Crippen LogP contribution in [0.1, 0.15) is 5.56 Å². The maximum atomic E-state index is 10.8. The minimum atomic E-state index is -0.546. The summed E-state index contributed by atoms with van der Waals surface area (Å²) >= 11 is 0. The molecular formula is C12H14O5. The number of benzene rings is 1. The van der Waals surface area contributed by atoms with E-state index < -0.39 is 6.16 Å². The van der Waals surface area contributed by atoms with Gasteiger partial charge in [0.25, 0.3) is 0 Å². The second-order valence-electron chi connectivity index (χ2n) is 3.19. The molecule has 0 saturated carbocycles. The van der Waals surface area contributed by atoms with Gasteiger partial charge >= 0.3 is 12.1 Å². The number of esters is 1. The van der Waals surface area contributed by atoms with E-state index in [1.807, 2.05) is 30.3 Å². The van der Waals surface area contributed by atoms with Crippen LogP contribution in [0.4, 0.5) is 4.79 Å². The molecule has 17 heavy (non-hydrogen) atoms. The van der Waals surface area contributed by atoms with Crippen LogP contribution in [0.25, 0.3) is 0 Å². The molecule has 0 atom stereocenters. The molecule has 0 spiro atoms.